The molecule has 3 aliphatic rings. The lowest BCUT2D eigenvalue weighted by Gasteiger charge is -2.18. The Kier molecular flexibility index (Phi) is 5.13. The van der Waals surface area contributed by atoms with E-state index in [0.29, 0.717) is 31.3 Å². The van der Waals surface area contributed by atoms with Crippen molar-refractivity contribution in [3.8, 4) is 0 Å². The molecule has 2 fully saturated rings. The van der Waals surface area contributed by atoms with Crippen LogP contribution in [0.4, 0.5) is 0 Å². The maximum atomic E-state index is 12.0. The van der Waals surface area contributed by atoms with Gasteiger partial charge in [0.15, 0.2) is 0 Å². The van der Waals surface area contributed by atoms with Gasteiger partial charge in [-0.3, -0.25) is 4.79 Å². The molecule has 0 N–H and O–H groups in total. The van der Waals surface area contributed by atoms with Crippen LogP contribution in [0, 0.1) is 5.92 Å². The molecule has 0 aromatic rings. The standard InChI is InChI=1S/C20H26O5/c1-13-9-10-15-14(2)19(22)24-17(15)18-20(3,25-18)11-7-5-4-6-8-16(21)23-12-13/h4-5,15,17-18H,1-2,6-12H2,3H3/b5-4-/t15-,17-,18+,20+/m0/s1. The van der Waals surface area contributed by atoms with E-state index in [-0.39, 0.29) is 42.3 Å². The molecule has 0 radical (unpaired) electrons. The number of carbonyl (C=O) groups excluding carboxylic acids is 2. The summed E-state index contributed by atoms with van der Waals surface area (Å²) in [6.07, 6.45) is 7.85. The fraction of sp³-hybridized carbons (Fsp3) is 0.600. The molecular weight excluding hydrogens is 320 g/mol. The third-order valence-corrected chi connectivity index (χ3v) is 5.32. The van der Waals surface area contributed by atoms with Gasteiger partial charge in [-0.25, -0.2) is 4.79 Å². The molecule has 2 saturated heterocycles. The quantitative estimate of drug-likeness (QED) is 0.291. The van der Waals surface area contributed by atoms with Crippen molar-refractivity contribution in [3.63, 3.8) is 0 Å². The van der Waals surface area contributed by atoms with Crippen LogP contribution in [0.5, 0.6) is 0 Å². The molecule has 0 spiro atoms. The number of hydrogen-bond donors (Lipinski definition) is 0. The number of rotatable bonds is 0. The summed E-state index contributed by atoms with van der Waals surface area (Å²) in [5, 5.41) is 0. The Morgan fingerprint density at radius 3 is 2.72 bits per heavy atom. The molecule has 5 nitrogen and oxygen atoms in total. The van der Waals surface area contributed by atoms with Gasteiger partial charge in [0, 0.05) is 17.9 Å². The van der Waals surface area contributed by atoms with Gasteiger partial charge in [-0.15, -0.1) is 0 Å². The van der Waals surface area contributed by atoms with E-state index >= 15 is 0 Å². The number of hydrogen-bond acceptors (Lipinski definition) is 5. The van der Waals surface area contributed by atoms with Crippen LogP contribution >= 0.6 is 0 Å². The molecule has 0 aliphatic carbocycles. The lowest BCUT2D eigenvalue weighted by molar-refractivity contribution is -0.143. The predicted molar refractivity (Wildman–Crippen MR) is 92.7 cm³/mol. The number of esters is 2. The first-order valence-corrected chi connectivity index (χ1v) is 8.95. The Bertz CT molecular complexity index is 620. The number of carbonyl (C=O) groups is 2. The summed E-state index contributed by atoms with van der Waals surface area (Å²) in [4.78, 5) is 23.7. The first-order valence-electron chi connectivity index (χ1n) is 8.95. The van der Waals surface area contributed by atoms with Crippen LogP contribution in [-0.2, 0) is 23.8 Å². The first kappa shape index (κ1) is 17.9. The van der Waals surface area contributed by atoms with E-state index in [4.69, 9.17) is 14.2 Å². The molecule has 0 aromatic carbocycles. The first-order chi connectivity index (χ1) is 11.9. The highest BCUT2D eigenvalue weighted by Gasteiger charge is 2.61. The highest BCUT2D eigenvalue weighted by molar-refractivity contribution is 5.91. The third kappa shape index (κ3) is 4.03. The topological polar surface area (TPSA) is 65.1 Å². The van der Waals surface area contributed by atoms with Gasteiger partial charge in [-0.1, -0.05) is 25.3 Å². The van der Waals surface area contributed by atoms with Crippen LogP contribution in [0.1, 0.15) is 45.4 Å². The van der Waals surface area contributed by atoms with E-state index in [0.717, 1.165) is 18.4 Å². The van der Waals surface area contributed by atoms with Crippen LogP contribution in [-0.4, -0.2) is 36.4 Å². The van der Waals surface area contributed by atoms with E-state index in [2.05, 4.69) is 26.2 Å². The molecule has 0 unspecified atom stereocenters. The van der Waals surface area contributed by atoms with E-state index < -0.39 is 0 Å². The monoisotopic (exact) mass is 346 g/mol. The van der Waals surface area contributed by atoms with Gasteiger partial charge in [0.05, 0.1) is 5.60 Å². The van der Waals surface area contributed by atoms with Crippen LogP contribution < -0.4 is 0 Å². The molecule has 3 heterocycles. The summed E-state index contributed by atoms with van der Waals surface area (Å²) in [6.45, 7) is 10.2. The van der Waals surface area contributed by atoms with Crippen molar-refractivity contribution in [2.24, 2.45) is 5.92 Å². The Morgan fingerprint density at radius 1 is 1.16 bits per heavy atom. The number of cyclic esters (lactones) is 1. The molecular formula is C20H26O5. The summed E-state index contributed by atoms with van der Waals surface area (Å²) in [5.74, 6) is -0.616. The highest BCUT2D eigenvalue weighted by atomic mass is 16.6. The number of allylic oxidation sites excluding steroid dienone is 2. The van der Waals surface area contributed by atoms with Gasteiger partial charge in [0.25, 0.3) is 0 Å². The van der Waals surface area contributed by atoms with Gasteiger partial charge in [-0.2, -0.15) is 0 Å². The summed E-state index contributed by atoms with van der Waals surface area (Å²) >= 11 is 0. The summed E-state index contributed by atoms with van der Waals surface area (Å²) in [7, 11) is 0. The maximum Gasteiger partial charge on any atom is 0.334 e. The van der Waals surface area contributed by atoms with Crippen molar-refractivity contribution in [3.05, 3.63) is 36.5 Å². The summed E-state index contributed by atoms with van der Waals surface area (Å²) in [6, 6.07) is 0. The Labute approximate surface area is 148 Å². The SMILES string of the molecule is C=C1CC[C@H]2C(=C)C(=O)O[C@@H]2[C@H]2O[C@]2(C)CC/C=C\CCC(=O)OC1. The largest absolute Gasteiger partial charge is 0.461 e. The van der Waals surface area contributed by atoms with Crippen LogP contribution in [0.25, 0.3) is 0 Å². The fourth-order valence-corrected chi connectivity index (χ4v) is 3.61. The zero-order valence-electron chi connectivity index (χ0n) is 14.8. The normalized spacial score (nSPS) is 38.4. The number of fused-ring (bicyclic) bond motifs is 3. The van der Waals surface area contributed by atoms with E-state index in [9.17, 15) is 9.59 Å². The van der Waals surface area contributed by atoms with Gasteiger partial charge >= 0.3 is 11.9 Å². The maximum absolute atomic E-state index is 12.0. The third-order valence-electron chi connectivity index (χ3n) is 5.32. The Morgan fingerprint density at radius 2 is 1.92 bits per heavy atom. The summed E-state index contributed by atoms with van der Waals surface area (Å²) in [5.41, 5.74) is 1.08. The van der Waals surface area contributed by atoms with Gasteiger partial charge in [-0.05, 0) is 44.6 Å². The zero-order valence-corrected chi connectivity index (χ0v) is 14.8. The minimum absolute atomic E-state index is 0.0739. The minimum Gasteiger partial charge on any atom is -0.461 e. The predicted octanol–water partition coefficient (Wildman–Crippen LogP) is 3.25. The number of ether oxygens (including phenoxy) is 3. The van der Waals surface area contributed by atoms with E-state index in [1.54, 1.807) is 0 Å². The molecule has 25 heavy (non-hydrogen) atoms. The average Bonchev–Trinajstić information content (AvgIpc) is 3.16. The summed E-state index contributed by atoms with van der Waals surface area (Å²) < 4.78 is 16.7. The van der Waals surface area contributed by atoms with Gasteiger partial charge in [0.1, 0.15) is 18.8 Å². The molecule has 4 atom stereocenters. The van der Waals surface area contributed by atoms with E-state index in [1.807, 2.05) is 6.08 Å². The second kappa shape index (κ2) is 7.16. The molecule has 136 valence electrons. The van der Waals surface area contributed by atoms with Crippen molar-refractivity contribution in [1.29, 1.82) is 0 Å². The second-order valence-corrected chi connectivity index (χ2v) is 7.35. The average molecular weight is 346 g/mol. The van der Waals surface area contributed by atoms with Crippen molar-refractivity contribution in [2.75, 3.05) is 6.61 Å². The lowest BCUT2D eigenvalue weighted by atomic mass is 9.85. The van der Waals surface area contributed by atoms with Crippen LogP contribution in [0.2, 0.25) is 0 Å². The lowest BCUT2D eigenvalue weighted by Crippen LogP contribution is -2.28. The second-order valence-electron chi connectivity index (χ2n) is 7.35. The Balaban J connectivity index is 1.72. The van der Waals surface area contributed by atoms with Crippen molar-refractivity contribution >= 4 is 11.9 Å². The molecule has 0 aromatic heterocycles. The molecule has 5 heteroatoms. The van der Waals surface area contributed by atoms with Crippen molar-refractivity contribution < 1.29 is 23.8 Å². The molecule has 3 aliphatic heterocycles. The van der Waals surface area contributed by atoms with Crippen molar-refractivity contribution in [2.45, 2.75) is 63.3 Å². The Hall–Kier alpha value is -1.88. The molecule has 0 amide bonds. The highest BCUT2D eigenvalue weighted by Crippen LogP contribution is 2.49. The molecule has 0 saturated carbocycles. The van der Waals surface area contributed by atoms with Gasteiger partial charge in [0.2, 0.25) is 0 Å². The minimum atomic E-state index is -0.331. The zero-order chi connectivity index (χ0) is 18.0. The van der Waals surface area contributed by atoms with Gasteiger partial charge < -0.3 is 14.2 Å². The van der Waals surface area contributed by atoms with Crippen LogP contribution in [0.15, 0.2) is 36.5 Å². The smallest absolute Gasteiger partial charge is 0.334 e. The van der Waals surface area contributed by atoms with E-state index in [1.165, 1.54) is 0 Å². The molecule has 3 rings (SSSR count). The number of epoxide rings is 1. The fourth-order valence-electron chi connectivity index (χ4n) is 3.61. The van der Waals surface area contributed by atoms with Crippen molar-refractivity contribution in [1.82, 2.24) is 0 Å². The molecule has 0 bridgehead atoms. The van der Waals surface area contributed by atoms with Crippen LogP contribution in [0.3, 0.4) is 0 Å².